The van der Waals surface area contributed by atoms with Gasteiger partial charge in [-0.15, -0.1) is 0 Å². The van der Waals surface area contributed by atoms with Gasteiger partial charge in [0.25, 0.3) is 0 Å². The molecule has 0 radical (unpaired) electrons. The van der Waals surface area contributed by atoms with E-state index < -0.39 is 0 Å². The Labute approximate surface area is 482 Å². The quantitative estimate of drug-likeness (QED) is 0.0542. The SMILES string of the molecule is CCCCCCCCON1C(C)(C)CC(CCCCNc2nc(NCCCCC3CC(C)(C)N(OCCCCCCCC)C(C)(C)C3)nc(NCCCCC3CC(C)(C)N(OCCCCCCCC)C(C)(C)C3)n2)CC1(C)C. The first-order valence-corrected chi connectivity index (χ1v) is 33.3. The zero-order valence-electron chi connectivity index (χ0n) is 54.2. The van der Waals surface area contributed by atoms with Crippen LogP contribution >= 0.6 is 0 Å². The minimum atomic E-state index is 0.0195. The van der Waals surface area contributed by atoms with Gasteiger partial charge in [0.15, 0.2) is 0 Å². The fourth-order valence-corrected chi connectivity index (χ4v) is 15.1. The molecule has 1 aromatic rings. The van der Waals surface area contributed by atoms with Crippen LogP contribution in [0.1, 0.15) is 316 Å². The number of nitrogens with zero attached hydrogens (tertiary/aromatic N) is 6. The summed E-state index contributed by atoms with van der Waals surface area (Å²) in [6.45, 7) is 40.6. The lowest BCUT2D eigenvalue weighted by Crippen LogP contribution is -2.60. The van der Waals surface area contributed by atoms with Crippen molar-refractivity contribution in [2.45, 2.75) is 349 Å². The van der Waals surface area contributed by atoms with Crippen molar-refractivity contribution in [3.63, 3.8) is 0 Å². The Morgan fingerprint density at radius 2 is 0.538 bits per heavy atom. The Morgan fingerprint density at radius 3 is 0.769 bits per heavy atom. The highest BCUT2D eigenvalue weighted by molar-refractivity contribution is 5.42. The number of rotatable bonds is 42. The van der Waals surface area contributed by atoms with Crippen molar-refractivity contribution in [1.29, 1.82) is 0 Å². The van der Waals surface area contributed by atoms with E-state index in [9.17, 15) is 0 Å². The Bertz CT molecular complexity index is 1480. The minimum absolute atomic E-state index is 0.0195. The molecule has 0 amide bonds. The van der Waals surface area contributed by atoms with Crippen LogP contribution in [0, 0.1) is 17.8 Å². The Hall–Kier alpha value is -1.83. The first kappa shape index (κ1) is 68.7. The van der Waals surface area contributed by atoms with Crippen molar-refractivity contribution >= 4 is 17.8 Å². The lowest BCUT2D eigenvalue weighted by atomic mass is 9.73. The van der Waals surface area contributed by atoms with Gasteiger partial charge in [-0.2, -0.15) is 30.1 Å². The van der Waals surface area contributed by atoms with Crippen molar-refractivity contribution in [3.8, 4) is 0 Å². The van der Waals surface area contributed by atoms with E-state index in [4.69, 9.17) is 29.5 Å². The van der Waals surface area contributed by atoms with E-state index in [0.29, 0.717) is 35.6 Å². The lowest BCUT2D eigenvalue weighted by Gasteiger charge is -2.54. The number of aromatic nitrogens is 3. The molecule has 0 spiro atoms. The predicted octanol–water partition coefficient (Wildman–Crippen LogP) is 18.3. The van der Waals surface area contributed by atoms with Gasteiger partial charge < -0.3 is 16.0 Å². The molecule has 0 unspecified atom stereocenters. The van der Waals surface area contributed by atoms with Crippen molar-refractivity contribution in [2.75, 3.05) is 55.4 Å². The molecule has 0 bridgehead atoms. The summed E-state index contributed by atoms with van der Waals surface area (Å²) in [5.41, 5.74) is 0.117. The molecule has 0 aliphatic carbocycles. The number of anilines is 3. The number of nitrogens with one attached hydrogen (secondary N) is 3. The average molecular weight is 1100 g/mol. The number of hydroxylamine groups is 6. The molecule has 3 N–H and O–H groups in total. The maximum absolute atomic E-state index is 6.56. The predicted molar refractivity (Wildman–Crippen MR) is 333 cm³/mol. The number of hydrogen-bond acceptors (Lipinski definition) is 12. The Kier molecular flexibility index (Phi) is 30.5. The van der Waals surface area contributed by atoms with Crippen LogP contribution in [0.15, 0.2) is 0 Å². The zero-order valence-corrected chi connectivity index (χ0v) is 54.2. The second-order valence-corrected chi connectivity index (χ2v) is 29.0. The molecule has 0 atom stereocenters. The van der Waals surface area contributed by atoms with Crippen LogP contribution in [-0.4, -0.2) is 103 Å². The fraction of sp³-hybridized carbons (Fsp3) is 0.955. The Morgan fingerprint density at radius 1 is 0.321 bits per heavy atom. The van der Waals surface area contributed by atoms with Gasteiger partial charge in [-0.1, -0.05) is 156 Å². The van der Waals surface area contributed by atoms with Gasteiger partial charge in [0.05, 0.1) is 19.8 Å². The highest BCUT2D eigenvalue weighted by Crippen LogP contribution is 2.46. The third-order valence-corrected chi connectivity index (χ3v) is 17.8. The molecular formula is C66H129N9O3. The van der Waals surface area contributed by atoms with Crippen molar-refractivity contribution in [2.24, 2.45) is 17.8 Å². The molecule has 3 aliphatic heterocycles. The third-order valence-electron chi connectivity index (χ3n) is 17.8. The van der Waals surface area contributed by atoms with Crippen LogP contribution in [0.4, 0.5) is 17.8 Å². The molecule has 3 saturated heterocycles. The van der Waals surface area contributed by atoms with E-state index in [1.165, 1.54) is 173 Å². The van der Waals surface area contributed by atoms with Gasteiger partial charge >= 0.3 is 0 Å². The number of piperidine rings is 3. The van der Waals surface area contributed by atoms with E-state index >= 15 is 0 Å². The summed E-state index contributed by atoms with van der Waals surface area (Å²) < 4.78 is 0. The maximum Gasteiger partial charge on any atom is 0.229 e. The largest absolute Gasteiger partial charge is 0.354 e. The van der Waals surface area contributed by atoms with E-state index in [2.05, 4.69) is 135 Å². The van der Waals surface area contributed by atoms with Crippen LogP contribution < -0.4 is 16.0 Å². The summed E-state index contributed by atoms with van der Waals surface area (Å²) in [7, 11) is 0. The van der Waals surface area contributed by atoms with Gasteiger partial charge in [0.1, 0.15) is 0 Å². The number of hydrogen-bond donors (Lipinski definition) is 3. The topological polar surface area (TPSA) is 112 Å². The molecule has 4 heterocycles. The van der Waals surface area contributed by atoms with Gasteiger partial charge in [-0.25, -0.2) is 0 Å². The van der Waals surface area contributed by atoms with Crippen LogP contribution in [0.2, 0.25) is 0 Å². The molecule has 12 heteroatoms. The number of unbranched alkanes of at least 4 members (excludes halogenated alkanes) is 18. The van der Waals surface area contributed by atoms with Gasteiger partial charge in [-0.05, 0) is 178 Å². The van der Waals surface area contributed by atoms with E-state index in [-0.39, 0.29) is 33.2 Å². The monoisotopic (exact) mass is 1100 g/mol. The summed E-state index contributed by atoms with van der Waals surface area (Å²) in [5, 5.41) is 18.0. The van der Waals surface area contributed by atoms with E-state index in [1.54, 1.807) is 0 Å². The van der Waals surface area contributed by atoms with Crippen LogP contribution in [-0.2, 0) is 14.5 Å². The molecule has 1 aromatic heterocycles. The van der Waals surface area contributed by atoms with E-state index in [0.717, 1.165) is 78.0 Å². The smallest absolute Gasteiger partial charge is 0.229 e. The Balaban J connectivity index is 1.27. The maximum atomic E-state index is 6.56. The third kappa shape index (κ3) is 24.6. The highest BCUT2D eigenvalue weighted by atomic mass is 16.7. The van der Waals surface area contributed by atoms with Crippen LogP contribution in [0.25, 0.3) is 0 Å². The molecule has 0 saturated carbocycles. The first-order chi connectivity index (χ1) is 37.0. The first-order valence-electron chi connectivity index (χ1n) is 33.3. The van der Waals surface area contributed by atoms with Crippen LogP contribution in [0.3, 0.4) is 0 Å². The molecule has 3 fully saturated rings. The molecule has 0 aromatic carbocycles. The molecule has 3 aliphatic rings. The summed E-state index contributed by atoms with van der Waals surface area (Å²) in [4.78, 5) is 34.5. The van der Waals surface area contributed by atoms with Crippen molar-refractivity contribution < 1.29 is 14.5 Å². The van der Waals surface area contributed by atoms with Gasteiger partial charge in [-0.3, -0.25) is 14.5 Å². The van der Waals surface area contributed by atoms with Gasteiger partial charge in [0, 0.05) is 52.9 Å². The molecule has 4 rings (SSSR count). The second kappa shape index (κ2) is 34.7. The summed E-state index contributed by atoms with van der Waals surface area (Å²) in [6, 6.07) is 0. The van der Waals surface area contributed by atoms with Crippen molar-refractivity contribution in [1.82, 2.24) is 30.1 Å². The summed E-state index contributed by atoms with van der Waals surface area (Å²) in [5.74, 6) is 4.05. The summed E-state index contributed by atoms with van der Waals surface area (Å²) in [6.07, 6.45) is 40.8. The highest BCUT2D eigenvalue weighted by Gasteiger charge is 2.48. The van der Waals surface area contributed by atoms with E-state index in [1.807, 2.05) is 0 Å². The normalized spacial score (nSPS) is 20.8. The molecule has 12 nitrogen and oxygen atoms in total. The second-order valence-electron chi connectivity index (χ2n) is 29.0. The van der Waals surface area contributed by atoms with Crippen molar-refractivity contribution in [3.05, 3.63) is 0 Å². The average Bonchev–Trinajstić information content (AvgIpc) is 3.38. The molecular weight excluding hydrogens is 967 g/mol. The lowest BCUT2D eigenvalue weighted by molar-refractivity contribution is -0.288. The molecule has 78 heavy (non-hydrogen) atoms. The minimum Gasteiger partial charge on any atom is -0.354 e. The fourth-order valence-electron chi connectivity index (χ4n) is 15.1. The molecule has 456 valence electrons. The standard InChI is InChI=1S/C66H129N9O3/c1-16-19-22-25-28-37-46-76-73-61(4,5)49-55(50-62(73,6)7)40-31-34-43-67-58-70-59(68-44-35-32-41-56-51-63(8,9)74(64(10,11)52-56)77-47-38-29-26-23-20-17-2)72-60(71-58)69-45-36-33-42-57-53-65(12,13)75(66(14,15)54-57)78-48-39-30-27-24-21-18-3/h55-57H,16-54H2,1-15H3,(H3,67,68,69,70,71,72). The van der Waals surface area contributed by atoms with Gasteiger partial charge in [0.2, 0.25) is 17.8 Å². The summed E-state index contributed by atoms with van der Waals surface area (Å²) >= 11 is 0. The van der Waals surface area contributed by atoms with Crippen LogP contribution in [0.5, 0.6) is 0 Å². The zero-order chi connectivity index (χ0) is 57.1.